The van der Waals surface area contributed by atoms with Gasteiger partial charge in [0.05, 0.1) is 16.8 Å². The summed E-state index contributed by atoms with van der Waals surface area (Å²) < 4.78 is 54.8. The molecule has 2 amide bonds. The Bertz CT molecular complexity index is 1030. The molecule has 2 aromatic carbocycles. The van der Waals surface area contributed by atoms with Crippen LogP contribution in [-0.4, -0.2) is 35.5 Å². The number of nitrogens with zero attached hydrogens (tertiary/aromatic N) is 2. The van der Waals surface area contributed by atoms with Crippen molar-refractivity contribution in [3.05, 3.63) is 63.7 Å². The number of nitrogens with one attached hydrogen (secondary N) is 2. The molecule has 0 atom stereocenters. The number of amides is 2. The number of alkyl halides is 4. The van der Waals surface area contributed by atoms with E-state index in [1.54, 1.807) is 0 Å². The number of halogens is 4. The van der Waals surface area contributed by atoms with Crippen molar-refractivity contribution in [2.45, 2.75) is 19.5 Å². The first-order valence-corrected chi connectivity index (χ1v) is 8.34. The highest BCUT2D eigenvalue weighted by atomic mass is 19.3. The Kier molecular flexibility index (Phi) is 7.24. The first-order chi connectivity index (χ1) is 14.5. The number of rotatable bonds is 7. The van der Waals surface area contributed by atoms with Gasteiger partial charge in [0.25, 0.3) is 5.69 Å². The second-order valence-electron chi connectivity index (χ2n) is 5.92. The van der Waals surface area contributed by atoms with Crippen LogP contribution in [0.2, 0.25) is 0 Å². The lowest BCUT2D eigenvalue weighted by Gasteiger charge is -2.19. The van der Waals surface area contributed by atoms with E-state index < -0.39 is 40.7 Å². The molecule has 0 aliphatic carbocycles. The fourth-order valence-corrected chi connectivity index (χ4v) is 2.15. The predicted molar refractivity (Wildman–Crippen MR) is 100 cm³/mol. The molecule has 0 aliphatic rings. The summed E-state index contributed by atoms with van der Waals surface area (Å²) >= 11 is 0. The van der Waals surface area contributed by atoms with E-state index in [4.69, 9.17) is 0 Å². The Morgan fingerprint density at radius 3 is 2.52 bits per heavy atom. The van der Waals surface area contributed by atoms with Crippen LogP contribution in [0, 0.1) is 17.0 Å². The van der Waals surface area contributed by atoms with Gasteiger partial charge in [-0.1, -0.05) is 24.3 Å². The fourth-order valence-electron chi connectivity index (χ4n) is 2.15. The maximum atomic E-state index is 13.1. The SMILES string of the molecule is Cc1ccc(/C=N/NC(=O)C(=O)Nc2ccccc2OC(F)(F)C(F)F)cc1[N+](=O)[O-]. The number of hydrazone groups is 1. The topological polar surface area (TPSA) is 123 Å². The number of nitro groups is 1. The zero-order valence-electron chi connectivity index (χ0n) is 15.6. The number of nitro benzene ring substituents is 1. The van der Waals surface area contributed by atoms with Gasteiger partial charge in [0.2, 0.25) is 0 Å². The molecule has 0 aliphatic heterocycles. The van der Waals surface area contributed by atoms with Crippen molar-refractivity contribution >= 4 is 29.4 Å². The minimum Gasteiger partial charge on any atom is -0.426 e. The van der Waals surface area contributed by atoms with Crippen molar-refractivity contribution in [3.63, 3.8) is 0 Å². The molecule has 0 saturated carbocycles. The summed E-state index contributed by atoms with van der Waals surface area (Å²) in [7, 11) is 0. The molecule has 0 heterocycles. The van der Waals surface area contributed by atoms with Crippen LogP contribution >= 0.6 is 0 Å². The standard InChI is InChI=1S/C18H14F4N4O5/c1-10-6-7-11(8-13(10)26(29)30)9-23-25-16(28)15(27)24-12-4-2-3-5-14(12)31-18(21,22)17(19)20/h2-9,17H,1H3,(H,24,27)(H,25,28)/b23-9+. The summed E-state index contributed by atoms with van der Waals surface area (Å²) in [5, 5.41) is 16.3. The molecule has 164 valence electrons. The van der Waals surface area contributed by atoms with Gasteiger partial charge in [0.1, 0.15) is 5.75 Å². The van der Waals surface area contributed by atoms with Gasteiger partial charge in [0, 0.05) is 17.2 Å². The van der Waals surface area contributed by atoms with Gasteiger partial charge in [-0.3, -0.25) is 19.7 Å². The van der Waals surface area contributed by atoms with E-state index in [-0.39, 0.29) is 11.3 Å². The highest BCUT2D eigenvalue weighted by molar-refractivity contribution is 6.39. The normalized spacial score (nSPS) is 11.4. The molecule has 0 unspecified atom stereocenters. The van der Waals surface area contributed by atoms with Crippen LogP contribution in [0.25, 0.3) is 0 Å². The predicted octanol–water partition coefficient (Wildman–Crippen LogP) is 3.23. The minimum atomic E-state index is -4.82. The lowest BCUT2D eigenvalue weighted by Crippen LogP contribution is -2.35. The summed E-state index contributed by atoms with van der Waals surface area (Å²) in [5.74, 6) is -3.47. The van der Waals surface area contributed by atoms with Crippen molar-refractivity contribution in [1.29, 1.82) is 0 Å². The van der Waals surface area contributed by atoms with Crippen LogP contribution < -0.4 is 15.5 Å². The third kappa shape index (κ3) is 6.22. The van der Waals surface area contributed by atoms with E-state index in [1.165, 1.54) is 37.3 Å². The van der Waals surface area contributed by atoms with Gasteiger partial charge in [0.15, 0.2) is 0 Å². The average Bonchev–Trinajstić information content (AvgIpc) is 2.70. The van der Waals surface area contributed by atoms with Gasteiger partial charge in [-0.15, -0.1) is 0 Å². The minimum absolute atomic E-state index is 0.176. The number of anilines is 1. The molecule has 0 radical (unpaired) electrons. The van der Waals surface area contributed by atoms with E-state index in [0.717, 1.165) is 18.3 Å². The number of carbonyl (C=O) groups is 2. The van der Waals surface area contributed by atoms with Crippen molar-refractivity contribution < 1.29 is 36.8 Å². The molecule has 31 heavy (non-hydrogen) atoms. The summed E-state index contributed by atoms with van der Waals surface area (Å²) in [6.07, 6.45) is -7.89. The lowest BCUT2D eigenvalue weighted by molar-refractivity contribution is -0.385. The lowest BCUT2D eigenvalue weighted by atomic mass is 10.1. The maximum Gasteiger partial charge on any atom is 0.461 e. The van der Waals surface area contributed by atoms with Gasteiger partial charge in [-0.25, -0.2) is 5.43 Å². The van der Waals surface area contributed by atoms with Crippen molar-refractivity contribution in [2.75, 3.05) is 5.32 Å². The molecule has 13 heteroatoms. The van der Waals surface area contributed by atoms with E-state index in [1.807, 2.05) is 10.7 Å². The van der Waals surface area contributed by atoms with E-state index in [2.05, 4.69) is 9.84 Å². The number of ether oxygens (including phenoxy) is 1. The van der Waals surface area contributed by atoms with Crippen LogP contribution in [0.15, 0.2) is 47.6 Å². The van der Waals surface area contributed by atoms with Gasteiger partial charge >= 0.3 is 24.3 Å². The zero-order valence-corrected chi connectivity index (χ0v) is 15.6. The average molecular weight is 442 g/mol. The zero-order chi connectivity index (χ0) is 23.2. The molecule has 0 fully saturated rings. The largest absolute Gasteiger partial charge is 0.461 e. The number of carbonyl (C=O) groups excluding carboxylic acids is 2. The Hall–Kier alpha value is -4.03. The Morgan fingerprint density at radius 1 is 1.19 bits per heavy atom. The number of aryl methyl sites for hydroxylation is 1. The maximum absolute atomic E-state index is 13.1. The van der Waals surface area contributed by atoms with E-state index in [9.17, 15) is 37.3 Å². The molecule has 0 spiro atoms. The van der Waals surface area contributed by atoms with Crippen LogP contribution in [0.1, 0.15) is 11.1 Å². The summed E-state index contributed by atoms with van der Waals surface area (Å²) in [6.45, 7) is 1.53. The number of hydrogen-bond donors (Lipinski definition) is 2. The second-order valence-corrected chi connectivity index (χ2v) is 5.92. The third-order valence-corrected chi connectivity index (χ3v) is 3.65. The van der Waals surface area contributed by atoms with E-state index >= 15 is 0 Å². The number of hydrogen-bond acceptors (Lipinski definition) is 6. The molecule has 0 bridgehead atoms. The molecule has 2 aromatic rings. The molecule has 2 N–H and O–H groups in total. The third-order valence-electron chi connectivity index (χ3n) is 3.65. The quantitative estimate of drug-likeness (QED) is 0.224. The van der Waals surface area contributed by atoms with Gasteiger partial charge in [-0.2, -0.15) is 22.7 Å². The van der Waals surface area contributed by atoms with Crippen molar-refractivity contribution in [3.8, 4) is 5.75 Å². The molecule has 2 rings (SSSR count). The molecule has 0 aromatic heterocycles. The highest BCUT2D eigenvalue weighted by Crippen LogP contribution is 2.32. The Morgan fingerprint density at radius 2 is 1.87 bits per heavy atom. The molecular weight excluding hydrogens is 428 g/mol. The van der Waals surface area contributed by atoms with Crippen molar-refractivity contribution in [2.24, 2.45) is 5.10 Å². The summed E-state index contributed by atoms with van der Waals surface area (Å²) in [4.78, 5) is 34.0. The fraction of sp³-hybridized carbons (Fsp3) is 0.167. The molecule has 9 nitrogen and oxygen atoms in total. The van der Waals surface area contributed by atoms with Gasteiger partial charge in [-0.05, 0) is 19.1 Å². The number of para-hydroxylation sites is 2. The van der Waals surface area contributed by atoms with E-state index in [0.29, 0.717) is 5.56 Å². The Balaban J connectivity index is 2.04. The Labute approximate surface area is 171 Å². The second kappa shape index (κ2) is 9.65. The summed E-state index contributed by atoms with van der Waals surface area (Å²) in [5.41, 5.74) is 1.87. The smallest absolute Gasteiger partial charge is 0.426 e. The van der Waals surface area contributed by atoms with Crippen LogP contribution in [0.4, 0.5) is 28.9 Å². The van der Waals surface area contributed by atoms with Crippen LogP contribution in [0.3, 0.4) is 0 Å². The first-order valence-electron chi connectivity index (χ1n) is 8.34. The molecule has 0 saturated heterocycles. The van der Waals surface area contributed by atoms with Crippen LogP contribution in [-0.2, 0) is 9.59 Å². The first kappa shape index (κ1) is 23.3. The molecular formula is C18H14F4N4O5. The highest BCUT2D eigenvalue weighted by Gasteiger charge is 2.44. The van der Waals surface area contributed by atoms with Crippen LogP contribution in [0.5, 0.6) is 5.75 Å². The summed E-state index contributed by atoms with van der Waals surface area (Å²) in [6, 6.07) is 8.56. The van der Waals surface area contributed by atoms with Gasteiger partial charge < -0.3 is 10.1 Å². The van der Waals surface area contributed by atoms with Crippen molar-refractivity contribution in [1.82, 2.24) is 5.43 Å². The number of benzene rings is 2. The monoisotopic (exact) mass is 442 g/mol.